The van der Waals surface area contributed by atoms with Gasteiger partial charge in [-0.25, -0.2) is 0 Å². The molecule has 10 nitrogen and oxygen atoms in total. The van der Waals surface area contributed by atoms with Gasteiger partial charge in [-0.15, -0.1) is 0 Å². The Balaban J connectivity index is 1.58. The molecule has 1 aliphatic carbocycles. The first-order valence-corrected chi connectivity index (χ1v) is 11.9. The summed E-state index contributed by atoms with van der Waals surface area (Å²) in [5.74, 6) is 0.306. The molecule has 0 radical (unpaired) electrons. The molecule has 0 amide bonds. The molecule has 2 heterocycles. The number of carbonyl (C=O) groups excluding carboxylic acids is 1. The highest BCUT2D eigenvalue weighted by Gasteiger charge is 2.53. The van der Waals surface area contributed by atoms with E-state index in [4.69, 9.17) is 28.4 Å². The highest BCUT2D eigenvalue weighted by atomic mass is 16.7. The predicted molar refractivity (Wildman–Crippen MR) is 129 cm³/mol. The van der Waals surface area contributed by atoms with Gasteiger partial charge in [0.25, 0.3) is 0 Å². The molecule has 4 atom stereocenters. The van der Waals surface area contributed by atoms with Gasteiger partial charge in [0.05, 0.1) is 39.6 Å². The molecule has 10 heteroatoms. The van der Waals surface area contributed by atoms with Crippen molar-refractivity contribution in [1.29, 1.82) is 0 Å². The van der Waals surface area contributed by atoms with Crippen LogP contribution in [0.15, 0.2) is 24.3 Å². The molecule has 2 aromatic rings. The maximum atomic E-state index is 13.1. The fourth-order valence-electron chi connectivity index (χ4n) is 5.34. The minimum atomic E-state index is -0.497. The molecule has 2 aromatic carbocycles. The Morgan fingerprint density at radius 2 is 1.69 bits per heavy atom. The number of esters is 1. The molecule has 0 spiro atoms. The first kappa shape index (κ1) is 24.5. The third kappa shape index (κ3) is 4.29. The van der Waals surface area contributed by atoms with E-state index in [0.29, 0.717) is 18.2 Å². The number of benzene rings is 2. The van der Waals surface area contributed by atoms with Crippen LogP contribution in [0, 0.1) is 11.8 Å². The summed E-state index contributed by atoms with van der Waals surface area (Å²) in [5.41, 5.74) is 2.56. The summed E-state index contributed by atoms with van der Waals surface area (Å²) in [6.07, 6.45) is -0.380. The summed E-state index contributed by atoms with van der Waals surface area (Å²) >= 11 is 0. The summed E-state index contributed by atoms with van der Waals surface area (Å²) in [6.45, 7) is 2.37. The topological polar surface area (TPSA) is 108 Å². The summed E-state index contributed by atoms with van der Waals surface area (Å²) < 4.78 is 34.1. The van der Waals surface area contributed by atoms with Gasteiger partial charge < -0.3 is 38.4 Å². The van der Waals surface area contributed by atoms with Crippen LogP contribution in [0.1, 0.15) is 28.7 Å². The van der Waals surface area contributed by atoms with Gasteiger partial charge in [-0.05, 0) is 55.1 Å². The lowest BCUT2D eigenvalue weighted by Crippen LogP contribution is -2.37. The fourth-order valence-corrected chi connectivity index (χ4v) is 5.34. The monoisotopic (exact) mass is 500 g/mol. The van der Waals surface area contributed by atoms with Crippen LogP contribution < -0.4 is 24.3 Å². The van der Waals surface area contributed by atoms with Crippen LogP contribution in [0.25, 0.3) is 0 Å². The quantitative estimate of drug-likeness (QED) is 0.302. The number of cyclic esters (lactones) is 1. The van der Waals surface area contributed by atoms with E-state index in [1.807, 2.05) is 26.2 Å². The van der Waals surface area contributed by atoms with Gasteiger partial charge >= 0.3 is 5.97 Å². The molecule has 0 saturated carbocycles. The van der Waals surface area contributed by atoms with E-state index < -0.39 is 5.92 Å². The second kappa shape index (κ2) is 10.0. The van der Waals surface area contributed by atoms with Crippen LogP contribution in [0.2, 0.25) is 0 Å². The molecule has 0 aromatic heterocycles. The molecule has 2 aliphatic heterocycles. The molecule has 1 fully saturated rings. The molecule has 0 bridgehead atoms. The van der Waals surface area contributed by atoms with E-state index in [-0.39, 0.29) is 54.6 Å². The molecule has 2 N–H and O–H groups in total. The Kier molecular flexibility index (Phi) is 6.83. The molecule has 36 heavy (non-hydrogen) atoms. The third-order valence-corrected chi connectivity index (χ3v) is 7.08. The van der Waals surface area contributed by atoms with Crippen LogP contribution in [-0.4, -0.2) is 77.5 Å². The number of rotatable bonds is 9. The average molecular weight is 501 g/mol. The van der Waals surface area contributed by atoms with Gasteiger partial charge in [-0.3, -0.25) is 10.1 Å². The van der Waals surface area contributed by atoms with Crippen molar-refractivity contribution in [2.24, 2.45) is 11.8 Å². The van der Waals surface area contributed by atoms with Gasteiger partial charge in [-0.1, -0.05) is 0 Å². The zero-order chi connectivity index (χ0) is 25.4. The van der Waals surface area contributed by atoms with E-state index >= 15 is 0 Å². The number of nitrogens with zero attached hydrogens (tertiary/aromatic N) is 1. The normalized spacial score (nSPS) is 23.9. The Bertz CT molecular complexity index is 1110. The minimum absolute atomic E-state index is 0.0963. The number of ether oxygens (including phenoxy) is 6. The molecule has 3 aliphatic rings. The Labute approximate surface area is 210 Å². The van der Waals surface area contributed by atoms with Crippen molar-refractivity contribution >= 4 is 5.97 Å². The SMILES string of the molecule is COc1cc([C@@H]2c3cc4c(cc3[C@@H](OCNCCN(C)C)C3COC(=O)[C@@H]32)OCO4)cc(OC)c1O. The Morgan fingerprint density at radius 3 is 2.33 bits per heavy atom. The third-order valence-electron chi connectivity index (χ3n) is 7.08. The number of methoxy groups -OCH3 is 2. The van der Waals surface area contributed by atoms with E-state index in [1.54, 1.807) is 12.1 Å². The summed E-state index contributed by atoms with van der Waals surface area (Å²) in [7, 11) is 6.99. The number of hydrogen-bond acceptors (Lipinski definition) is 10. The number of phenols is 1. The number of phenolic OH excluding ortho intramolecular Hbond substituents is 1. The van der Waals surface area contributed by atoms with Crippen molar-refractivity contribution in [1.82, 2.24) is 10.2 Å². The smallest absolute Gasteiger partial charge is 0.310 e. The first-order valence-electron chi connectivity index (χ1n) is 11.9. The largest absolute Gasteiger partial charge is 0.502 e. The second-order valence-electron chi connectivity index (χ2n) is 9.44. The molecular formula is C26H32N2O8. The number of carbonyl (C=O) groups is 1. The van der Waals surface area contributed by atoms with Gasteiger partial charge in [0.15, 0.2) is 23.0 Å². The van der Waals surface area contributed by atoms with Crippen molar-refractivity contribution in [2.45, 2.75) is 12.0 Å². The number of fused-ring (bicyclic) bond motifs is 3. The highest BCUT2D eigenvalue weighted by Crippen LogP contribution is 2.56. The first-order chi connectivity index (χ1) is 17.4. The van der Waals surface area contributed by atoms with Crippen LogP contribution in [0.5, 0.6) is 28.7 Å². The van der Waals surface area contributed by atoms with Crippen LogP contribution in [0.3, 0.4) is 0 Å². The van der Waals surface area contributed by atoms with E-state index in [0.717, 1.165) is 29.8 Å². The fraction of sp³-hybridized carbons (Fsp3) is 0.500. The van der Waals surface area contributed by atoms with Crippen molar-refractivity contribution in [3.8, 4) is 28.7 Å². The second-order valence-corrected chi connectivity index (χ2v) is 9.44. The van der Waals surface area contributed by atoms with Crippen LogP contribution in [-0.2, 0) is 14.3 Å². The number of aromatic hydroxyl groups is 1. The maximum absolute atomic E-state index is 13.1. The van der Waals surface area contributed by atoms with E-state index in [1.165, 1.54) is 14.2 Å². The standard InChI is InChI=1S/C26H32N2O8/c1-28(2)6-5-27-12-34-25-16-10-19-18(35-13-36-19)9-15(16)22(23-17(25)11-33-26(23)30)14-7-20(31-3)24(29)21(8-14)32-4/h7-10,17,22-23,25,27,29H,5-6,11-13H2,1-4H3/t17?,22-,23+,25-/m1/s1. The average Bonchev–Trinajstić information content (AvgIpc) is 3.48. The molecule has 1 unspecified atom stereocenters. The predicted octanol–water partition coefficient (Wildman–Crippen LogP) is 2.24. The van der Waals surface area contributed by atoms with Gasteiger partial charge in [0, 0.05) is 24.9 Å². The van der Waals surface area contributed by atoms with Crippen molar-refractivity contribution in [2.75, 3.05) is 61.5 Å². The molecule has 194 valence electrons. The highest BCUT2D eigenvalue weighted by molar-refractivity contribution is 5.79. The molecule has 1 saturated heterocycles. The maximum Gasteiger partial charge on any atom is 0.310 e. The van der Waals surface area contributed by atoms with Gasteiger partial charge in [-0.2, -0.15) is 0 Å². The lowest BCUT2D eigenvalue weighted by molar-refractivity contribution is -0.141. The minimum Gasteiger partial charge on any atom is -0.502 e. The van der Waals surface area contributed by atoms with Crippen LogP contribution >= 0.6 is 0 Å². The lowest BCUT2D eigenvalue weighted by atomic mass is 9.66. The van der Waals surface area contributed by atoms with Gasteiger partial charge in [0.2, 0.25) is 12.5 Å². The van der Waals surface area contributed by atoms with Gasteiger partial charge in [0.1, 0.15) is 0 Å². The lowest BCUT2D eigenvalue weighted by Gasteiger charge is -2.39. The molecular weight excluding hydrogens is 468 g/mol. The summed E-state index contributed by atoms with van der Waals surface area (Å²) in [4.78, 5) is 15.2. The number of nitrogens with one attached hydrogen (secondary N) is 1. The number of likely N-dealkylation sites (N-methyl/N-ethyl adjacent to an activating group) is 1. The Hall–Kier alpha value is -3.21. The van der Waals surface area contributed by atoms with E-state index in [2.05, 4.69) is 10.2 Å². The zero-order valence-electron chi connectivity index (χ0n) is 20.9. The zero-order valence-corrected chi connectivity index (χ0v) is 20.9. The summed E-state index contributed by atoms with van der Waals surface area (Å²) in [6, 6.07) is 7.35. The number of hydrogen-bond donors (Lipinski definition) is 2. The van der Waals surface area contributed by atoms with Crippen molar-refractivity contribution in [3.63, 3.8) is 0 Å². The Morgan fingerprint density at radius 1 is 1.03 bits per heavy atom. The van der Waals surface area contributed by atoms with Crippen molar-refractivity contribution < 1.29 is 38.3 Å². The molecule has 5 rings (SSSR count). The summed E-state index contributed by atoms with van der Waals surface area (Å²) in [5, 5.41) is 13.8. The van der Waals surface area contributed by atoms with E-state index in [9.17, 15) is 9.90 Å². The van der Waals surface area contributed by atoms with Crippen molar-refractivity contribution in [3.05, 3.63) is 41.0 Å². The van der Waals surface area contributed by atoms with Crippen LogP contribution in [0.4, 0.5) is 0 Å².